The van der Waals surface area contributed by atoms with Crippen LogP contribution in [0.1, 0.15) is 30.7 Å². The Morgan fingerprint density at radius 3 is 2.50 bits per heavy atom. The Morgan fingerprint density at radius 2 is 1.80 bits per heavy atom. The summed E-state index contributed by atoms with van der Waals surface area (Å²) in [4.78, 5) is 14.0. The minimum atomic E-state index is 0.802. The molecule has 5 nitrogen and oxygen atoms in total. The Kier molecular flexibility index (Phi) is 5.73. The summed E-state index contributed by atoms with van der Waals surface area (Å²) in [6.45, 7) is 10.4. The molecule has 2 N–H and O–H groups in total. The van der Waals surface area contributed by atoms with Gasteiger partial charge in [-0.3, -0.25) is 0 Å². The van der Waals surface area contributed by atoms with E-state index in [0.29, 0.717) is 0 Å². The zero-order chi connectivity index (χ0) is 14.4. The Morgan fingerprint density at radius 1 is 1.05 bits per heavy atom. The standard InChI is InChI=1S/C15H27N5/c1-13-12-14(2)18-15(17-13)20-9-5-8-19(10-11-20)7-4-3-6-16/h12H,3-11,16H2,1-2H3. The molecule has 5 heteroatoms. The van der Waals surface area contributed by atoms with E-state index in [1.807, 2.05) is 19.9 Å². The summed E-state index contributed by atoms with van der Waals surface area (Å²) in [5, 5.41) is 0. The summed E-state index contributed by atoms with van der Waals surface area (Å²) in [6.07, 6.45) is 3.51. The zero-order valence-corrected chi connectivity index (χ0v) is 12.8. The number of nitrogens with two attached hydrogens (primary N) is 1. The van der Waals surface area contributed by atoms with Gasteiger partial charge in [0.15, 0.2) is 0 Å². The molecule has 2 heterocycles. The summed E-state index contributed by atoms with van der Waals surface area (Å²) in [5.41, 5.74) is 7.66. The lowest BCUT2D eigenvalue weighted by molar-refractivity contribution is 0.287. The molecule has 1 saturated heterocycles. The predicted octanol–water partition coefficient (Wildman–Crippen LogP) is 1.34. The number of unbranched alkanes of at least 4 members (excludes halogenated alkanes) is 1. The maximum atomic E-state index is 5.56. The van der Waals surface area contributed by atoms with Crippen molar-refractivity contribution in [1.82, 2.24) is 14.9 Å². The molecule has 0 spiro atoms. The third-order valence-electron chi connectivity index (χ3n) is 3.77. The molecule has 0 aliphatic carbocycles. The summed E-state index contributed by atoms with van der Waals surface area (Å²) in [7, 11) is 0. The third kappa shape index (κ3) is 4.42. The minimum absolute atomic E-state index is 0.802. The third-order valence-corrected chi connectivity index (χ3v) is 3.77. The fraction of sp³-hybridized carbons (Fsp3) is 0.733. The van der Waals surface area contributed by atoms with Gasteiger partial charge in [0.1, 0.15) is 0 Å². The second-order valence-corrected chi connectivity index (χ2v) is 5.63. The van der Waals surface area contributed by atoms with Crippen LogP contribution >= 0.6 is 0 Å². The Balaban J connectivity index is 1.91. The highest BCUT2D eigenvalue weighted by molar-refractivity contribution is 5.32. The summed E-state index contributed by atoms with van der Waals surface area (Å²) >= 11 is 0. The zero-order valence-electron chi connectivity index (χ0n) is 12.8. The molecule has 0 aromatic carbocycles. The molecule has 0 bridgehead atoms. The second-order valence-electron chi connectivity index (χ2n) is 5.63. The molecule has 20 heavy (non-hydrogen) atoms. The van der Waals surface area contributed by atoms with E-state index in [9.17, 15) is 0 Å². The van der Waals surface area contributed by atoms with Crippen molar-refractivity contribution in [3.05, 3.63) is 17.5 Å². The van der Waals surface area contributed by atoms with E-state index in [4.69, 9.17) is 5.73 Å². The summed E-state index contributed by atoms with van der Waals surface area (Å²) < 4.78 is 0. The van der Waals surface area contributed by atoms with E-state index < -0.39 is 0 Å². The molecule has 0 saturated carbocycles. The molecule has 0 amide bonds. The van der Waals surface area contributed by atoms with Gasteiger partial charge in [-0.25, -0.2) is 9.97 Å². The smallest absolute Gasteiger partial charge is 0.225 e. The highest BCUT2D eigenvalue weighted by atomic mass is 15.3. The van der Waals surface area contributed by atoms with Crippen LogP contribution in [0.25, 0.3) is 0 Å². The number of nitrogens with zero attached hydrogens (tertiary/aromatic N) is 4. The Hall–Kier alpha value is -1.20. The van der Waals surface area contributed by atoms with E-state index >= 15 is 0 Å². The van der Waals surface area contributed by atoms with E-state index in [2.05, 4.69) is 19.8 Å². The van der Waals surface area contributed by atoms with Crippen LogP contribution < -0.4 is 10.6 Å². The lowest BCUT2D eigenvalue weighted by atomic mass is 10.3. The quantitative estimate of drug-likeness (QED) is 0.823. The van der Waals surface area contributed by atoms with Gasteiger partial charge in [-0.2, -0.15) is 0 Å². The fourth-order valence-corrected chi connectivity index (χ4v) is 2.72. The van der Waals surface area contributed by atoms with Gasteiger partial charge in [-0.15, -0.1) is 0 Å². The van der Waals surface area contributed by atoms with Crippen LogP contribution in [-0.2, 0) is 0 Å². The van der Waals surface area contributed by atoms with E-state index in [1.54, 1.807) is 0 Å². The predicted molar refractivity (Wildman–Crippen MR) is 83.1 cm³/mol. The number of hydrogen-bond donors (Lipinski definition) is 1. The topological polar surface area (TPSA) is 58.3 Å². The maximum absolute atomic E-state index is 5.56. The molecule has 1 aliphatic heterocycles. The molecular weight excluding hydrogens is 250 g/mol. The van der Waals surface area contributed by atoms with Crippen molar-refractivity contribution in [2.45, 2.75) is 33.1 Å². The SMILES string of the molecule is Cc1cc(C)nc(N2CCCN(CCCCN)CC2)n1. The molecule has 1 aliphatic rings. The highest BCUT2D eigenvalue weighted by Gasteiger charge is 2.16. The lowest BCUT2D eigenvalue weighted by Gasteiger charge is -2.22. The van der Waals surface area contributed by atoms with Crippen LogP contribution in [-0.4, -0.2) is 54.1 Å². The van der Waals surface area contributed by atoms with Crippen molar-refractivity contribution in [3.8, 4) is 0 Å². The normalized spacial score (nSPS) is 17.2. The number of aryl methyl sites for hydroxylation is 2. The van der Waals surface area contributed by atoms with Gasteiger partial charge in [0.25, 0.3) is 0 Å². The van der Waals surface area contributed by atoms with Gasteiger partial charge in [0, 0.05) is 31.0 Å². The summed E-state index contributed by atoms with van der Waals surface area (Å²) in [6, 6.07) is 2.03. The molecule has 2 rings (SSSR count). The number of aromatic nitrogens is 2. The van der Waals surface area contributed by atoms with Crippen LogP contribution in [0.2, 0.25) is 0 Å². The van der Waals surface area contributed by atoms with Gasteiger partial charge >= 0.3 is 0 Å². The van der Waals surface area contributed by atoms with Crippen LogP contribution in [0, 0.1) is 13.8 Å². The van der Waals surface area contributed by atoms with Crippen LogP contribution in [0.15, 0.2) is 6.07 Å². The van der Waals surface area contributed by atoms with Crippen LogP contribution in [0.5, 0.6) is 0 Å². The van der Waals surface area contributed by atoms with Gasteiger partial charge in [0.2, 0.25) is 5.95 Å². The molecule has 1 fully saturated rings. The molecule has 1 aromatic rings. The van der Waals surface area contributed by atoms with E-state index in [1.165, 1.54) is 25.9 Å². The highest BCUT2D eigenvalue weighted by Crippen LogP contribution is 2.13. The second kappa shape index (κ2) is 7.55. The average Bonchev–Trinajstić information content (AvgIpc) is 2.64. The number of rotatable bonds is 5. The molecular formula is C15H27N5. The number of anilines is 1. The van der Waals surface area contributed by atoms with E-state index in [0.717, 1.165) is 49.9 Å². The maximum Gasteiger partial charge on any atom is 0.225 e. The van der Waals surface area contributed by atoms with Gasteiger partial charge in [-0.1, -0.05) is 0 Å². The molecule has 0 radical (unpaired) electrons. The van der Waals surface area contributed by atoms with Crippen molar-refractivity contribution in [1.29, 1.82) is 0 Å². The summed E-state index contributed by atoms with van der Waals surface area (Å²) in [5.74, 6) is 0.895. The Labute approximate surface area is 122 Å². The van der Waals surface area contributed by atoms with Gasteiger partial charge in [-0.05, 0) is 58.8 Å². The molecule has 1 aromatic heterocycles. The Bertz CT molecular complexity index is 400. The van der Waals surface area contributed by atoms with Crippen LogP contribution in [0.3, 0.4) is 0 Å². The van der Waals surface area contributed by atoms with Crippen molar-refractivity contribution in [2.75, 3.05) is 44.2 Å². The van der Waals surface area contributed by atoms with Crippen molar-refractivity contribution in [3.63, 3.8) is 0 Å². The van der Waals surface area contributed by atoms with Gasteiger partial charge < -0.3 is 15.5 Å². The fourth-order valence-electron chi connectivity index (χ4n) is 2.72. The lowest BCUT2D eigenvalue weighted by Crippen LogP contribution is -2.32. The monoisotopic (exact) mass is 277 g/mol. The molecule has 0 unspecified atom stereocenters. The minimum Gasteiger partial charge on any atom is -0.339 e. The first-order valence-corrected chi connectivity index (χ1v) is 7.68. The van der Waals surface area contributed by atoms with Crippen molar-refractivity contribution >= 4 is 5.95 Å². The van der Waals surface area contributed by atoms with E-state index in [-0.39, 0.29) is 0 Å². The first-order chi connectivity index (χ1) is 9.69. The largest absolute Gasteiger partial charge is 0.339 e. The van der Waals surface area contributed by atoms with Crippen molar-refractivity contribution < 1.29 is 0 Å². The van der Waals surface area contributed by atoms with Crippen molar-refractivity contribution in [2.24, 2.45) is 5.73 Å². The first kappa shape index (κ1) is 15.2. The molecule has 112 valence electrons. The number of hydrogen-bond acceptors (Lipinski definition) is 5. The molecule has 0 atom stereocenters. The first-order valence-electron chi connectivity index (χ1n) is 7.68. The van der Waals surface area contributed by atoms with Gasteiger partial charge in [0.05, 0.1) is 0 Å². The van der Waals surface area contributed by atoms with Crippen LogP contribution in [0.4, 0.5) is 5.95 Å². The average molecular weight is 277 g/mol.